The molecule has 0 spiro atoms. The number of rotatable bonds is 5. The number of nitrogens with one attached hydrogen (secondary N) is 3. The van der Waals surface area contributed by atoms with E-state index < -0.39 is 35.5 Å². The molecule has 0 unspecified atom stereocenters. The van der Waals surface area contributed by atoms with Gasteiger partial charge in [0, 0.05) is 33.9 Å². The summed E-state index contributed by atoms with van der Waals surface area (Å²) in [6.07, 6.45) is -4.75. The van der Waals surface area contributed by atoms with Crippen LogP contribution >= 0.6 is 0 Å². The number of benzene rings is 2. The third kappa shape index (κ3) is 4.18. The molecule has 0 radical (unpaired) electrons. The monoisotopic (exact) mass is 480 g/mol. The van der Waals surface area contributed by atoms with E-state index >= 15 is 0 Å². The van der Waals surface area contributed by atoms with E-state index in [-0.39, 0.29) is 17.3 Å². The van der Waals surface area contributed by atoms with Crippen LogP contribution in [0.25, 0.3) is 32.7 Å². The Morgan fingerprint density at radius 1 is 1.00 bits per heavy atom. The minimum absolute atomic E-state index is 0.0501. The molecular formula is C25H19F3N4O3. The lowest BCUT2D eigenvalue weighted by Gasteiger charge is -2.16. The van der Waals surface area contributed by atoms with Crippen molar-refractivity contribution in [1.29, 1.82) is 0 Å². The fraction of sp³-hybridized carbons (Fsp3) is 0.160. The molecule has 1 amide bonds. The van der Waals surface area contributed by atoms with Gasteiger partial charge in [-0.3, -0.25) is 4.79 Å². The second-order valence-electron chi connectivity index (χ2n) is 8.08. The summed E-state index contributed by atoms with van der Waals surface area (Å²) >= 11 is 0. The molecule has 0 aliphatic carbocycles. The molecule has 3 aromatic heterocycles. The van der Waals surface area contributed by atoms with Gasteiger partial charge >= 0.3 is 12.1 Å². The summed E-state index contributed by atoms with van der Waals surface area (Å²) in [5.74, 6) is -1.66. The van der Waals surface area contributed by atoms with Gasteiger partial charge in [0.05, 0.1) is 12.6 Å². The van der Waals surface area contributed by atoms with Gasteiger partial charge in [-0.15, -0.1) is 0 Å². The number of nitrogens with zero attached hydrogens (tertiary/aromatic N) is 1. The summed E-state index contributed by atoms with van der Waals surface area (Å²) in [6, 6.07) is 16.1. The Labute approximate surface area is 196 Å². The van der Waals surface area contributed by atoms with Crippen molar-refractivity contribution in [2.75, 3.05) is 7.11 Å². The van der Waals surface area contributed by atoms with Crippen LogP contribution < -0.4 is 5.32 Å². The van der Waals surface area contributed by atoms with Gasteiger partial charge in [0.2, 0.25) is 0 Å². The highest BCUT2D eigenvalue weighted by Crippen LogP contribution is 2.36. The third-order valence-electron chi connectivity index (χ3n) is 5.80. The van der Waals surface area contributed by atoms with E-state index in [0.29, 0.717) is 16.6 Å². The maximum absolute atomic E-state index is 13.8. The number of aromatic nitrogens is 3. The smallest absolute Gasteiger partial charge is 0.435 e. The summed E-state index contributed by atoms with van der Waals surface area (Å²) in [5, 5.41) is 4.13. The van der Waals surface area contributed by atoms with E-state index in [1.54, 1.807) is 24.3 Å². The lowest BCUT2D eigenvalue weighted by atomic mass is 10.1. The molecule has 0 fully saturated rings. The van der Waals surface area contributed by atoms with Crippen molar-refractivity contribution in [3.05, 3.63) is 77.7 Å². The van der Waals surface area contributed by atoms with Crippen molar-refractivity contribution in [2.24, 2.45) is 0 Å². The number of carbonyl (C=O) groups is 2. The Kier molecular flexibility index (Phi) is 5.43. The molecule has 0 bridgehead atoms. The molecule has 35 heavy (non-hydrogen) atoms. The third-order valence-corrected chi connectivity index (χ3v) is 5.80. The van der Waals surface area contributed by atoms with E-state index in [2.05, 4.69) is 20.3 Å². The van der Waals surface area contributed by atoms with Crippen molar-refractivity contribution < 1.29 is 27.5 Å². The van der Waals surface area contributed by atoms with Crippen LogP contribution in [0.15, 0.2) is 60.7 Å². The number of carbonyl (C=O) groups excluding carboxylic acids is 2. The molecule has 2 aromatic carbocycles. The number of hydrogen-bond donors (Lipinski definition) is 3. The van der Waals surface area contributed by atoms with Gasteiger partial charge in [0.25, 0.3) is 5.91 Å². The predicted molar refractivity (Wildman–Crippen MR) is 124 cm³/mol. The van der Waals surface area contributed by atoms with Crippen LogP contribution in [0, 0.1) is 0 Å². The first-order valence-corrected chi connectivity index (χ1v) is 10.7. The molecule has 7 nitrogen and oxygen atoms in total. The average molecular weight is 480 g/mol. The number of esters is 1. The minimum atomic E-state index is -4.80. The van der Waals surface area contributed by atoms with Gasteiger partial charge < -0.3 is 20.0 Å². The molecule has 0 saturated carbocycles. The Morgan fingerprint density at radius 2 is 1.71 bits per heavy atom. The predicted octanol–water partition coefficient (Wildman–Crippen LogP) is 4.73. The molecule has 0 aliphatic rings. The second kappa shape index (κ2) is 8.46. The minimum Gasteiger partial charge on any atom is -0.467 e. The first-order valence-electron chi connectivity index (χ1n) is 10.7. The molecule has 5 aromatic rings. The molecule has 3 N–H and O–H groups in total. The van der Waals surface area contributed by atoms with Crippen molar-refractivity contribution in [2.45, 2.75) is 18.6 Å². The van der Waals surface area contributed by atoms with Crippen LogP contribution in [0.5, 0.6) is 0 Å². The molecule has 3 heterocycles. The summed E-state index contributed by atoms with van der Waals surface area (Å²) in [7, 11) is 1.17. The van der Waals surface area contributed by atoms with Crippen molar-refractivity contribution in [1.82, 2.24) is 20.3 Å². The standard InChI is InChI=1S/C25H19F3N4O3/c1-35-24(34)20(11-14-10-13-6-2-4-8-17(13)29-14)32-23(33)19-12-16-15-7-3-5-9-18(15)30-21(16)22(31-19)25(26,27)28/h2-10,12,20,29-30H,11H2,1H3,(H,32,33)/t20-/m0/s1. The number of para-hydroxylation sites is 2. The topological polar surface area (TPSA) is 99.9 Å². The highest BCUT2D eigenvalue weighted by Gasteiger charge is 2.37. The van der Waals surface area contributed by atoms with Gasteiger partial charge in [-0.25, -0.2) is 9.78 Å². The van der Waals surface area contributed by atoms with Crippen LogP contribution in [0.4, 0.5) is 13.2 Å². The van der Waals surface area contributed by atoms with Crippen LogP contribution in [0.2, 0.25) is 0 Å². The first-order chi connectivity index (χ1) is 16.7. The number of H-pyrrole nitrogens is 2. The zero-order valence-electron chi connectivity index (χ0n) is 18.4. The molecule has 10 heteroatoms. The number of pyridine rings is 1. The quantitative estimate of drug-likeness (QED) is 0.317. The Morgan fingerprint density at radius 3 is 2.43 bits per heavy atom. The molecule has 0 aliphatic heterocycles. The molecular weight excluding hydrogens is 461 g/mol. The number of fused-ring (bicyclic) bond motifs is 4. The van der Waals surface area contributed by atoms with Crippen molar-refractivity contribution in [3.8, 4) is 0 Å². The maximum atomic E-state index is 13.8. The Hall–Kier alpha value is -4.34. The number of aromatic amines is 2. The first kappa shape index (κ1) is 22.5. The van der Waals surface area contributed by atoms with Gasteiger partial charge in [-0.05, 0) is 29.7 Å². The zero-order chi connectivity index (χ0) is 24.7. The zero-order valence-corrected chi connectivity index (χ0v) is 18.4. The van der Waals surface area contributed by atoms with Gasteiger partial charge in [-0.2, -0.15) is 13.2 Å². The van der Waals surface area contributed by atoms with Crippen molar-refractivity contribution >= 4 is 44.6 Å². The van der Waals surface area contributed by atoms with E-state index in [0.717, 1.165) is 10.9 Å². The SMILES string of the molecule is COC(=O)[C@H](Cc1cc2ccccc2[nH]1)NC(=O)c1cc2c([nH]c3ccccc32)c(C(F)(F)F)n1. The average Bonchev–Trinajstić information content (AvgIpc) is 3.42. The lowest BCUT2D eigenvalue weighted by molar-refractivity contribution is -0.143. The normalized spacial score (nSPS) is 12.8. The number of alkyl halides is 3. The number of halogens is 3. The van der Waals surface area contributed by atoms with E-state index in [1.807, 2.05) is 30.3 Å². The number of amides is 1. The van der Waals surface area contributed by atoms with Gasteiger partial charge in [-0.1, -0.05) is 36.4 Å². The fourth-order valence-electron chi connectivity index (χ4n) is 4.20. The van der Waals surface area contributed by atoms with Crippen LogP contribution in [0.3, 0.4) is 0 Å². The summed E-state index contributed by atoms with van der Waals surface area (Å²) < 4.78 is 46.3. The lowest BCUT2D eigenvalue weighted by Crippen LogP contribution is -2.43. The summed E-state index contributed by atoms with van der Waals surface area (Å²) in [6.45, 7) is 0. The number of methoxy groups -OCH3 is 1. The van der Waals surface area contributed by atoms with Crippen LogP contribution in [-0.4, -0.2) is 40.0 Å². The highest BCUT2D eigenvalue weighted by molar-refractivity contribution is 6.10. The number of ether oxygens (including phenoxy) is 1. The summed E-state index contributed by atoms with van der Waals surface area (Å²) in [4.78, 5) is 35.0. The van der Waals surface area contributed by atoms with Crippen LogP contribution in [-0.2, 0) is 22.1 Å². The fourth-order valence-corrected chi connectivity index (χ4v) is 4.20. The summed E-state index contributed by atoms with van der Waals surface area (Å²) in [5.41, 5.74) is 0.106. The van der Waals surface area contributed by atoms with Gasteiger partial charge in [0.15, 0.2) is 5.69 Å². The van der Waals surface area contributed by atoms with E-state index in [9.17, 15) is 22.8 Å². The Bertz CT molecular complexity index is 1550. The molecule has 178 valence electrons. The van der Waals surface area contributed by atoms with Crippen molar-refractivity contribution in [3.63, 3.8) is 0 Å². The highest BCUT2D eigenvalue weighted by atomic mass is 19.4. The molecule has 5 rings (SSSR count). The van der Waals surface area contributed by atoms with Crippen LogP contribution in [0.1, 0.15) is 21.9 Å². The largest absolute Gasteiger partial charge is 0.467 e. The maximum Gasteiger partial charge on any atom is 0.435 e. The van der Waals surface area contributed by atoms with Gasteiger partial charge in [0.1, 0.15) is 11.7 Å². The second-order valence-corrected chi connectivity index (χ2v) is 8.08. The Balaban J connectivity index is 1.52. The van der Waals surface area contributed by atoms with E-state index in [4.69, 9.17) is 4.74 Å². The molecule has 0 saturated heterocycles. The number of hydrogen-bond acceptors (Lipinski definition) is 4. The molecule has 1 atom stereocenters. The van der Waals surface area contributed by atoms with E-state index in [1.165, 1.54) is 13.2 Å².